The van der Waals surface area contributed by atoms with Gasteiger partial charge >= 0.3 is 0 Å². The maximum atomic E-state index is 12.0. The lowest BCUT2D eigenvalue weighted by Gasteiger charge is -2.13. The SMILES string of the molecule is COc1ccc(NC(=O)c2ccc(=O)[nH]n2)c(C)c1C. The van der Waals surface area contributed by atoms with Crippen LogP contribution in [0.4, 0.5) is 5.69 Å². The van der Waals surface area contributed by atoms with Crippen molar-refractivity contribution in [1.29, 1.82) is 0 Å². The molecule has 0 radical (unpaired) electrons. The third kappa shape index (κ3) is 2.69. The topological polar surface area (TPSA) is 84.1 Å². The van der Waals surface area contributed by atoms with Crippen molar-refractivity contribution in [2.24, 2.45) is 0 Å². The third-order valence-electron chi connectivity index (χ3n) is 3.12. The predicted octanol–water partition coefficient (Wildman–Crippen LogP) is 1.65. The number of nitrogens with one attached hydrogen (secondary N) is 2. The van der Waals surface area contributed by atoms with Gasteiger partial charge in [-0.25, -0.2) is 5.10 Å². The van der Waals surface area contributed by atoms with E-state index in [0.717, 1.165) is 16.9 Å². The Labute approximate surface area is 115 Å². The summed E-state index contributed by atoms with van der Waals surface area (Å²) in [5.41, 5.74) is 2.36. The standard InChI is InChI=1S/C14H15N3O3/c1-8-9(2)12(20-3)6-4-10(8)15-14(19)11-5-7-13(18)17-16-11/h4-7H,1-3H3,(H,15,19)(H,17,18). The van der Waals surface area contributed by atoms with E-state index in [9.17, 15) is 9.59 Å². The Bertz CT molecular complexity index is 687. The lowest BCUT2D eigenvalue weighted by molar-refractivity contribution is 0.102. The maximum absolute atomic E-state index is 12.0. The zero-order valence-electron chi connectivity index (χ0n) is 11.5. The molecule has 0 spiro atoms. The molecule has 104 valence electrons. The van der Waals surface area contributed by atoms with E-state index in [1.54, 1.807) is 19.2 Å². The summed E-state index contributed by atoms with van der Waals surface area (Å²) in [7, 11) is 1.60. The smallest absolute Gasteiger partial charge is 0.276 e. The van der Waals surface area contributed by atoms with Crippen molar-refractivity contribution in [1.82, 2.24) is 10.2 Å². The van der Waals surface area contributed by atoms with Gasteiger partial charge in [-0.1, -0.05) is 0 Å². The lowest BCUT2D eigenvalue weighted by Crippen LogP contribution is -2.18. The molecule has 2 N–H and O–H groups in total. The Hall–Kier alpha value is -2.63. The van der Waals surface area contributed by atoms with Crippen molar-refractivity contribution in [3.8, 4) is 5.75 Å². The highest BCUT2D eigenvalue weighted by molar-refractivity contribution is 6.03. The Kier molecular flexibility index (Phi) is 3.84. The number of nitrogens with zero attached hydrogens (tertiary/aromatic N) is 1. The maximum Gasteiger partial charge on any atom is 0.276 e. The van der Waals surface area contributed by atoms with Crippen molar-refractivity contribution in [2.45, 2.75) is 13.8 Å². The summed E-state index contributed by atoms with van der Waals surface area (Å²) in [6, 6.07) is 6.19. The first-order chi connectivity index (χ1) is 9.52. The van der Waals surface area contributed by atoms with Gasteiger partial charge < -0.3 is 10.1 Å². The molecule has 20 heavy (non-hydrogen) atoms. The van der Waals surface area contributed by atoms with Crippen LogP contribution in [0.15, 0.2) is 29.1 Å². The second kappa shape index (κ2) is 5.56. The van der Waals surface area contributed by atoms with Gasteiger partial charge in [0.25, 0.3) is 11.5 Å². The molecule has 0 aliphatic rings. The molecule has 6 nitrogen and oxygen atoms in total. The van der Waals surface area contributed by atoms with Crippen molar-refractivity contribution in [3.05, 3.63) is 51.4 Å². The Morgan fingerprint density at radius 3 is 2.55 bits per heavy atom. The van der Waals surface area contributed by atoms with Crippen molar-refractivity contribution in [2.75, 3.05) is 12.4 Å². The summed E-state index contributed by atoms with van der Waals surface area (Å²) < 4.78 is 5.22. The van der Waals surface area contributed by atoms with Crippen molar-refractivity contribution >= 4 is 11.6 Å². The van der Waals surface area contributed by atoms with E-state index < -0.39 is 0 Å². The highest BCUT2D eigenvalue weighted by Crippen LogP contribution is 2.27. The van der Waals surface area contributed by atoms with E-state index in [1.807, 2.05) is 13.8 Å². The molecule has 0 atom stereocenters. The summed E-state index contributed by atoms with van der Waals surface area (Å²) in [4.78, 5) is 22.9. The van der Waals surface area contributed by atoms with Gasteiger partial charge in [-0.2, -0.15) is 5.10 Å². The average molecular weight is 273 g/mol. The summed E-state index contributed by atoms with van der Waals surface area (Å²) in [5.74, 6) is 0.386. The van der Waals surface area contributed by atoms with E-state index in [0.29, 0.717) is 5.69 Å². The number of ether oxygens (including phenoxy) is 1. The Morgan fingerprint density at radius 2 is 1.95 bits per heavy atom. The second-order valence-electron chi connectivity index (χ2n) is 4.33. The number of carbonyl (C=O) groups is 1. The number of amides is 1. The van der Waals surface area contributed by atoms with Crippen LogP contribution in [0.25, 0.3) is 0 Å². The summed E-state index contributed by atoms with van der Waals surface area (Å²) in [6.07, 6.45) is 0. The number of hydrogen-bond acceptors (Lipinski definition) is 4. The Balaban J connectivity index is 2.26. The zero-order valence-corrected chi connectivity index (χ0v) is 11.5. The van der Waals surface area contributed by atoms with Crippen LogP contribution in [-0.4, -0.2) is 23.2 Å². The predicted molar refractivity (Wildman–Crippen MR) is 75.3 cm³/mol. The highest BCUT2D eigenvalue weighted by Gasteiger charge is 2.12. The molecule has 0 aliphatic heterocycles. The summed E-state index contributed by atoms with van der Waals surface area (Å²) in [6.45, 7) is 3.82. The van der Waals surface area contributed by atoms with Gasteiger partial charge in [0.1, 0.15) is 11.4 Å². The molecule has 1 aromatic carbocycles. The first-order valence-corrected chi connectivity index (χ1v) is 6.04. The number of rotatable bonds is 3. The fourth-order valence-corrected chi connectivity index (χ4v) is 1.81. The number of carbonyl (C=O) groups excluding carboxylic acids is 1. The molecule has 0 fully saturated rings. The molecule has 0 unspecified atom stereocenters. The number of aromatic amines is 1. The first-order valence-electron chi connectivity index (χ1n) is 6.04. The monoisotopic (exact) mass is 273 g/mol. The molecule has 0 saturated heterocycles. The van der Waals surface area contributed by atoms with Gasteiger partial charge in [-0.3, -0.25) is 9.59 Å². The minimum Gasteiger partial charge on any atom is -0.496 e. The Morgan fingerprint density at radius 1 is 1.20 bits per heavy atom. The van der Waals surface area contributed by atoms with E-state index in [2.05, 4.69) is 15.5 Å². The van der Waals surface area contributed by atoms with Crippen LogP contribution in [0.1, 0.15) is 21.6 Å². The largest absolute Gasteiger partial charge is 0.496 e. The normalized spacial score (nSPS) is 10.2. The molecule has 2 rings (SSSR count). The van der Waals surface area contributed by atoms with Crippen LogP contribution in [0.2, 0.25) is 0 Å². The minimum atomic E-state index is -0.381. The number of benzene rings is 1. The van der Waals surface area contributed by atoms with Crippen LogP contribution >= 0.6 is 0 Å². The third-order valence-corrected chi connectivity index (χ3v) is 3.12. The number of H-pyrrole nitrogens is 1. The first kappa shape index (κ1) is 13.8. The van der Waals surface area contributed by atoms with E-state index in [-0.39, 0.29) is 17.2 Å². The van der Waals surface area contributed by atoms with Gasteiger partial charge in [-0.15, -0.1) is 0 Å². The molecule has 0 aliphatic carbocycles. The fourth-order valence-electron chi connectivity index (χ4n) is 1.81. The van der Waals surface area contributed by atoms with Gasteiger partial charge in [0.2, 0.25) is 0 Å². The number of hydrogen-bond donors (Lipinski definition) is 2. The molecular weight excluding hydrogens is 258 g/mol. The molecule has 1 heterocycles. The van der Waals surface area contributed by atoms with Crippen molar-refractivity contribution < 1.29 is 9.53 Å². The average Bonchev–Trinajstić information content (AvgIpc) is 2.45. The zero-order chi connectivity index (χ0) is 14.7. The molecule has 1 amide bonds. The van der Waals surface area contributed by atoms with Gasteiger partial charge in [-0.05, 0) is 43.2 Å². The minimum absolute atomic E-state index is 0.150. The quantitative estimate of drug-likeness (QED) is 0.890. The molecule has 0 saturated carbocycles. The number of anilines is 1. The number of methoxy groups -OCH3 is 1. The van der Waals surface area contributed by atoms with E-state index >= 15 is 0 Å². The number of aromatic nitrogens is 2. The van der Waals surface area contributed by atoms with Crippen LogP contribution in [0.3, 0.4) is 0 Å². The second-order valence-corrected chi connectivity index (χ2v) is 4.33. The van der Waals surface area contributed by atoms with Gasteiger partial charge in [0.15, 0.2) is 0 Å². The van der Waals surface area contributed by atoms with Gasteiger partial charge in [0, 0.05) is 11.8 Å². The van der Waals surface area contributed by atoms with E-state index in [1.165, 1.54) is 12.1 Å². The van der Waals surface area contributed by atoms with Crippen molar-refractivity contribution in [3.63, 3.8) is 0 Å². The van der Waals surface area contributed by atoms with Crippen LogP contribution < -0.4 is 15.6 Å². The molecule has 6 heteroatoms. The van der Waals surface area contributed by atoms with Crippen LogP contribution in [-0.2, 0) is 0 Å². The molecule has 2 aromatic rings. The van der Waals surface area contributed by atoms with Gasteiger partial charge in [0.05, 0.1) is 7.11 Å². The van der Waals surface area contributed by atoms with Crippen LogP contribution in [0, 0.1) is 13.8 Å². The molecule has 0 bridgehead atoms. The fraction of sp³-hybridized carbons (Fsp3) is 0.214. The molecule has 1 aromatic heterocycles. The lowest BCUT2D eigenvalue weighted by atomic mass is 10.1. The van der Waals surface area contributed by atoms with Crippen LogP contribution in [0.5, 0.6) is 5.75 Å². The highest BCUT2D eigenvalue weighted by atomic mass is 16.5. The summed E-state index contributed by atoms with van der Waals surface area (Å²) >= 11 is 0. The van der Waals surface area contributed by atoms with E-state index in [4.69, 9.17) is 4.74 Å². The summed E-state index contributed by atoms with van der Waals surface area (Å²) in [5, 5.41) is 8.67. The molecular formula is C14H15N3O3.